The smallest absolute Gasteiger partial charge is 0.227 e. The molecule has 1 fully saturated rings. The number of fused-ring (bicyclic) bond motifs is 1. The molecule has 22 heavy (non-hydrogen) atoms. The van der Waals surface area contributed by atoms with E-state index in [0.717, 1.165) is 27.6 Å². The maximum Gasteiger partial charge on any atom is 0.227 e. The van der Waals surface area contributed by atoms with Crippen molar-refractivity contribution in [3.05, 3.63) is 69.4 Å². The van der Waals surface area contributed by atoms with Crippen LogP contribution in [0.5, 0.6) is 0 Å². The van der Waals surface area contributed by atoms with Crippen LogP contribution in [0.3, 0.4) is 0 Å². The molecule has 1 spiro atoms. The summed E-state index contributed by atoms with van der Waals surface area (Å²) >= 11 is 3.45. The maximum absolute atomic E-state index is 13.6. The first-order valence-electron chi connectivity index (χ1n) is 7.42. The molecule has 1 heterocycles. The third-order valence-corrected chi connectivity index (χ3v) is 5.52. The molecule has 4 rings (SSSR count). The van der Waals surface area contributed by atoms with Crippen LogP contribution in [-0.2, 0) is 11.2 Å². The van der Waals surface area contributed by atoms with E-state index >= 15 is 0 Å². The molecule has 2 atom stereocenters. The van der Waals surface area contributed by atoms with Gasteiger partial charge in [0.25, 0.3) is 0 Å². The van der Waals surface area contributed by atoms with Gasteiger partial charge < -0.3 is 5.32 Å². The fourth-order valence-corrected chi connectivity index (χ4v) is 4.30. The summed E-state index contributed by atoms with van der Waals surface area (Å²) in [5, 5.41) is 2.97. The first-order chi connectivity index (χ1) is 10.6. The summed E-state index contributed by atoms with van der Waals surface area (Å²) in [6.07, 6.45) is 1.41. The van der Waals surface area contributed by atoms with Crippen LogP contribution in [0.4, 0.5) is 4.39 Å². The average Bonchev–Trinajstić information content (AvgIpc) is 3.01. The Morgan fingerprint density at radius 1 is 1.18 bits per heavy atom. The lowest BCUT2D eigenvalue weighted by Crippen LogP contribution is -2.35. The maximum atomic E-state index is 13.6. The van der Waals surface area contributed by atoms with Crippen LogP contribution >= 0.6 is 15.9 Å². The summed E-state index contributed by atoms with van der Waals surface area (Å²) < 4.78 is 14.6. The standard InChI is InChI=1S/C18H15BrFNO/c19-13-3-1-11(2-4-13)16-15-6-5-14(20)9-12(15)10-18(16)7-8-21-17(18)22/h1-6,9,16H,7-8,10H2,(H,21,22). The van der Waals surface area contributed by atoms with E-state index < -0.39 is 5.41 Å². The zero-order valence-corrected chi connectivity index (χ0v) is 13.5. The van der Waals surface area contributed by atoms with Gasteiger partial charge in [-0.1, -0.05) is 34.1 Å². The van der Waals surface area contributed by atoms with Gasteiger partial charge in [0.05, 0.1) is 5.41 Å². The fraction of sp³-hybridized carbons (Fsp3) is 0.278. The van der Waals surface area contributed by atoms with Gasteiger partial charge in [-0.25, -0.2) is 4.39 Å². The van der Waals surface area contributed by atoms with Crippen molar-refractivity contribution in [2.24, 2.45) is 5.41 Å². The number of hydrogen-bond acceptors (Lipinski definition) is 1. The minimum atomic E-state index is -0.468. The second-order valence-corrected chi connectivity index (χ2v) is 7.08. The number of amides is 1. The van der Waals surface area contributed by atoms with Gasteiger partial charge in [0.15, 0.2) is 0 Å². The lowest BCUT2D eigenvalue weighted by atomic mass is 9.71. The first kappa shape index (κ1) is 13.9. The van der Waals surface area contributed by atoms with Gasteiger partial charge in [0.2, 0.25) is 5.91 Å². The number of rotatable bonds is 1. The Morgan fingerprint density at radius 2 is 1.95 bits per heavy atom. The number of carbonyl (C=O) groups is 1. The Labute approximate surface area is 136 Å². The highest BCUT2D eigenvalue weighted by Gasteiger charge is 2.54. The quantitative estimate of drug-likeness (QED) is 0.824. The van der Waals surface area contributed by atoms with Gasteiger partial charge in [-0.3, -0.25) is 4.79 Å². The largest absolute Gasteiger partial charge is 0.356 e. The molecule has 1 saturated heterocycles. The monoisotopic (exact) mass is 359 g/mol. The molecule has 1 aliphatic carbocycles. The zero-order chi connectivity index (χ0) is 15.3. The SMILES string of the molecule is O=C1NCCC12Cc1cc(F)ccc1C2c1ccc(Br)cc1. The molecule has 112 valence electrons. The Balaban J connectivity index is 1.91. The van der Waals surface area contributed by atoms with Crippen LogP contribution in [0.15, 0.2) is 46.9 Å². The van der Waals surface area contributed by atoms with Gasteiger partial charge in [-0.05, 0) is 53.8 Å². The van der Waals surface area contributed by atoms with Gasteiger partial charge in [-0.2, -0.15) is 0 Å². The minimum Gasteiger partial charge on any atom is -0.356 e. The first-order valence-corrected chi connectivity index (χ1v) is 8.21. The predicted octanol–water partition coefficient (Wildman–Crippen LogP) is 3.78. The van der Waals surface area contributed by atoms with Crippen molar-refractivity contribution in [3.8, 4) is 0 Å². The second kappa shape index (κ2) is 4.92. The van der Waals surface area contributed by atoms with Crippen LogP contribution in [0.25, 0.3) is 0 Å². The Kier molecular flexibility index (Phi) is 3.12. The number of halogens is 2. The van der Waals surface area contributed by atoms with Gasteiger partial charge in [0.1, 0.15) is 5.82 Å². The molecule has 2 unspecified atom stereocenters. The normalized spacial score (nSPS) is 26.3. The number of benzene rings is 2. The van der Waals surface area contributed by atoms with Crippen LogP contribution in [-0.4, -0.2) is 12.5 Å². The van der Waals surface area contributed by atoms with Gasteiger partial charge in [-0.15, -0.1) is 0 Å². The molecule has 0 bridgehead atoms. The van der Waals surface area contributed by atoms with Crippen molar-refractivity contribution in [2.75, 3.05) is 6.54 Å². The Bertz CT molecular complexity index is 758. The molecule has 1 amide bonds. The van der Waals surface area contributed by atoms with E-state index in [4.69, 9.17) is 0 Å². The summed E-state index contributed by atoms with van der Waals surface area (Å²) in [6, 6.07) is 13.0. The molecule has 2 aromatic rings. The summed E-state index contributed by atoms with van der Waals surface area (Å²) in [5.74, 6) is -0.139. The van der Waals surface area contributed by atoms with E-state index in [-0.39, 0.29) is 17.6 Å². The fourth-order valence-electron chi connectivity index (χ4n) is 4.04. The molecule has 1 aliphatic heterocycles. The summed E-state index contributed by atoms with van der Waals surface area (Å²) in [5.41, 5.74) is 2.69. The average molecular weight is 360 g/mol. The van der Waals surface area contributed by atoms with E-state index in [9.17, 15) is 9.18 Å². The molecule has 2 aliphatic rings. The highest BCUT2D eigenvalue weighted by Crippen LogP contribution is 2.54. The molecule has 1 N–H and O–H groups in total. The van der Waals surface area contributed by atoms with Crippen LogP contribution in [0.2, 0.25) is 0 Å². The van der Waals surface area contributed by atoms with Crippen LogP contribution < -0.4 is 5.32 Å². The van der Waals surface area contributed by atoms with Crippen LogP contribution in [0, 0.1) is 11.2 Å². The molecule has 0 saturated carbocycles. The topological polar surface area (TPSA) is 29.1 Å². The third-order valence-electron chi connectivity index (χ3n) is 4.99. The summed E-state index contributed by atoms with van der Waals surface area (Å²) in [4.78, 5) is 12.6. The van der Waals surface area contributed by atoms with E-state index in [1.807, 2.05) is 18.2 Å². The molecular weight excluding hydrogens is 345 g/mol. The number of nitrogens with one attached hydrogen (secondary N) is 1. The lowest BCUT2D eigenvalue weighted by molar-refractivity contribution is -0.127. The lowest BCUT2D eigenvalue weighted by Gasteiger charge is -2.29. The van der Waals surface area contributed by atoms with Crippen molar-refractivity contribution >= 4 is 21.8 Å². The Hall–Kier alpha value is -1.68. The summed E-state index contributed by atoms with van der Waals surface area (Å²) in [7, 11) is 0. The Morgan fingerprint density at radius 3 is 2.64 bits per heavy atom. The highest BCUT2D eigenvalue weighted by atomic mass is 79.9. The molecular formula is C18H15BrFNO. The van der Waals surface area contributed by atoms with Gasteiger partial charge in [0, 0.05) is 16.9 Å². The van der Waals surface area contributed by atoms with Crippen molar-refractivity contribution in [3.63, 3.8) is 0 Å². The summed E-state index contributed by atoms with van der Waals surface area (Å²) in [6.45, 7) is 0.697. The number of hydrogen-bond donors (Lipinski definition) is 1. The van der Waals surface area contributed by atoms with E-state index in [0.29, 0.717) is 13.0 Å². The second-order valence-electron chi connectivity index (χ2n) is 6.17. The third kappa shape index (κ3) is 1.93. The zero-order valence-electron chi connectivity index (χ0n) is 11.9. The van der Waals surface area contributed by atoms with Gasteiger partial charge >= 0.3 is 0 Å². The van der Waals surface area contributed by atoms with E-state index in [2.05, 4.69) is 33.4 Å². The molecule has 2 nitrogen and oxygen atoms in total. The van der Waals surface area contributed by atoms with E-state index in [1.54, 1.807) is 6.07 Å². The van der Waals surface area contributed by atoms with Crippen molar-refractivity contribution in [2.45, 2.75) is 18.8 Å². The predicted molar refractivity (Wildman–Crippen MR) is 86.1 cm³/mol. The van der Waals surface area contributed by atoms with Crippen molar-refractivity contribution in [1.82, 2.24) is 5.32 Å². The van der Waals surface area contributed by atoms with Crippen molar-refractivity contribution in [1.29, 1.82) is 0 Å². The minimum absolute atomic E-state index is 0.00120. The highest BCUT2D eigenvalue weighted by molar-refractivity contribution is 9.10. The molecule has 2 aromatic carbocycles. The van der Waals surface area contributed by atoms with Crippen LogP contribution in [0.1, 0.15) is 29.0 Å². The molecule has 0 radical (unpaired) electrons. The van der Waals surface area contributed by atoms with E-state index in [1.165, 1.54) is 6.07 Å². The van der Waals surface area contributed by atoms with Crippen molar-refractivity contribution < 1.29 is 9.18 Å². The number of carbonyl (C=O) groups excluding carboxylic acids is 1. The molecule has 4 heteroatoms. The molecule has 0 aromatic heterocycles.